The van der Waals surface area contributed by atoms with Crippen molar-refractivity contribution in [2.45, 2.75) is 33.6 Å². The van der Waals surface area contributed by atoms with E-state index in [0.717, 1.165) is 31.2 Å². The minimum absolute atomic E-state index is 0. The summed E-state index contributed by atoms with van der Waals surface area (Å²) in [6.45, 7) is 9.01. The smallest absolute Gasteiger partial charge is 0.232 e. The van der Waals surface area contributed by atoms with Crippen molar-refractivity contribution in [1.29, 1.82) is 0 Å². The van der Waals surface area contributed by atoms with Crippen LogP contribution in [0.1, 0.15) is 33.6 Å². The van der Waals surface area contributed by atoms with Crippen molar-refractivity contribution in [3.63, 3.8) is 0 Å². The Balaban J connectivity index is 0.00000289. The lowest BCUT2D eigenvalue weighted by atomic mass is 9.90. The quantitative estimate of drug-likeness (QED) is 0.765. The molecule has 0 aromatic carbocycles. The van der Waals surface area contributed by atoms with E-state index in [0.29, 0.717) is 12.3 Å². The third-order valence-corrected chi connectivity index (χ3v) is 4.44. The number of hydrogen-bond donors (Lipinski definition) is 1. The lowest BCUT2D eigenvalue weighted by Crippen LogP contribution is -2.35. The fourth-order valence-corrected chi connectivity index (χ4v) is 3.11. The highest BCUT2D eigenvalue weighted by Crippen LogP contribution is 2.28. The number of nitrogens with two attached hydrogens (primary N) is 1. The zero-order chi connectivity index (χ0) is 12.9. The van der Waals surface area contributed by atoms with E-state index in [1.807, 2.05) is 4.90 Å². The third kappa shape index (κ3) is 5.81. The van der Waals surface area contributed by atoms with Crippen molar-refractivity contribution in [3.8, 4) is 0 Å². The highest BCUT2D eigenvalue weighted by atomic mass is 35.5. The van der Waals surface area contributed by atoms with Gasteiger partial charge in [-0.1, -0.05) is 20.8 Å². The molecule has 1 atom stereocenters. The normalized spacial score (nSPS) is 23.3. The second-order valence-corrected chi connectivity index (χ2v) is 6.92. The van der Waals surface area contributed by atoms with Gasteiger partial charge in [-0.25, -0.2) is 0 Å². The van der Waals surface area contributed by atoms with Crippen molar-refractivity contribution >= 4 is 30.1 Å². The van der Waals surface area contributed by atoms with E-state index in [1.54, 1.807) is 11.8 Å². The van der Waals surface area contributed by atoms with Crippen molar-refractivity contribution in [2.24, 2.45) is 17.1 Å². The van der Waals surface area contributed by atoms with Crippen LogP contribution in [0, 0.1) is 11.3 Å². The maximum atomic E-state index is 12.0. The van der Waals surface area contributed by atoms with Crippen LogP contribution in [0.15, 0.2) is 0 Å². The predicted molar refractivity (Wildman–Crippen MR) is 82.4 cm³/mol. The Hall–Kier alpha value is 0.0700. The topological polar surface area (TPSA) is 46.3 Å². The maximum absolute atomic E-state index is 12.0. The fraction of sp³-hybridized carbons (Fsp3) is 0.923. The average Bonchev–Trinajstić information content (AvgIpc) is 2.68. The molecule has 1 aliphatic rings. The summed E-state index contributed by atoms with van der Waals surface area (Å²) in [6, 6.07) is 0. The monoisotopic (exact) mass is 294 g/mol. The van der Waals surface area contributed by atoms with E-state index >= 15 is 0 Å². The molecule has 5 heteroatoms. The van der Waals surface area contributed by atoms with Gasteiger partial charge in [0, 0.05) is 13.1 Å². The van der Waals surface area contributed by atoms with Gasteiger partial charge in [0.25, 0.3) is 0 Å². The number of carbonyl (C=O) groups excluding carboxylic acids is 1. The molecular formula is C13H27ClN2OS. The minimum Gasteiger partial charge on any atom is -0.341 e. The van der Waals surface area contributed by atoms with Crippen molar-refractivity contribution in [1.82, 2.24) is 4.90 Å². The molecule has 18 heavy (non-hydrogen) atoms. The molecule has 1 amide bonds. The summed E-state index contributed by atoms with van der Waals surface area (Å²) < 4.78 is 0. The highest BCUT2D eigenvalue weighted by molar-refractivity contribution is 7.99. The first-order valence-electron chi connectivity index (χ1n) is 6.52. The third-order valence-electron chi connectivity index (χ3n) is 3.47. The Morgan fingerprint density at radius 3 is 2.67 bits per heavy atom. The van der Waals surface area contributed by atoms with Gasteiger partial charge >= 0.3 is 0 Å². The highest BCUT2D eigenvalue weighted by Gasteiger charge is 2.34. The van der Waals surface area contributed by atoms with Gasteiger partial charge in [-0.05, 0) is 36.5 Å². The molecule has 1 saturated heterocycles. The van der Waals surface area contributed by atoms with E-state index in [4.69, 9.17) is 5.73 Å². The molecule has 0 saturated carbocycles. The van der Waals surface area contributed by atoms with Gasteiger partial charge in [-0.15, -0.1) is 12.4 Å². The van der Waals surface area contributed by atoms with Crippen LogP contribution in [0.4, 0.5) is 0 Å². The van der Waals surface area contributed by atoms with Gasteiger partial charge in [0.2, 0.25) is 5.91 Å². The Kier molecular flexibility index (Phi) is 8.31. The largest absolute Gasteiger partial charge is 0.341 e. The van der Waals surface area contributed by atoms with Gasteiger partial charge in [-0.2, -0.15) is 11.8 Å². The first-order chi connectivity index (χ1) is 7.97. The second kappa shape index (κ2) is 8.28. The van der Waals surface area contributed by atoms with Crippen LogP contribution in [-0.4, -0.2) is 41.9 Å². The summed E-state index contributed by atoms with van der Waals surface area (Å²) in [5, 5.41) is 0. The zero-order valence-corrected chi connectivity index (χ0v) is 13.4. The Bertz CT molecular complexity index is 263. The number of hydrogen-bond acceptors (Lipinski definition) is 3. The Morgan fingerprint density at radius 1 is 1.50 bits per heavy atom. The van der Waals surface area contributed by atoms with Crippen molar-refractivity contribution in [2.75, 3.05) is 31.1 Å². The standard InChI is InChI=1S/C13H26N2OS.ClH/c1-11(2)4-7-17-8-12(16)15-6-5-13(3,9-14)10-15;/h11H,4-10,14H2,1-3H3;1H. The molecule has 1 heterocycles. The molecule has 3 nitrogen and oxygen atoms in total. The van der Waals surface area contributed by atoms with E-state index in [1.165, 1.54) is 6.42 Å². The summed E-state index contributed by atoms with van der Waals surface area (Å²) in [6.07, 6.45) is 2.24. The van der Waals surface area contributed by atoms with Crippen LogP contribution in [0.2, 0.25) is 0 Å². The number of thioether (sulfide) groups is 1. The van der Waals surface area contributed by atoms with E-state index < -0.39 is 0 Å². The van der Waals surface area contributed by atoms with Gasteiger partial charge in [0.15, 0.2) is 0 Å². The molecule has 2 N–H and O–H groups in total. The van der Waals surface area contributed by atoms with E-state index in [9.17, 15) is 4.79 Å². The molecule has 1 unspecified atom stereocenters. The number of likely N-dealkylation sites (tertiary alicyclic amines) is 1. The molecule has 1 aliphatic heterocycles. The van der Waals surface area contributed by atoms with Crippen molar-refractivity contribution < 1.29 is 4.79 Å². The lowest BCUT2D eigenvalue weighted by Gasteiger charge is -2.22. The first kappa shape index (κ1) is 18.1. The molecule has 0 spiro atoms. The molecule has 108 valence electrons. The Labute approximate surface area is 122 Å². The minimum atomic E-state index is 0. The summed E-state index contributed by atoms with van der Waals surface area (Å²) in [7, 11) is 0. The second-order valence-electron chi connectivity index (χ2n) is 5.82. The molecule has 0 aromatic heterocycles. The lowest BCUT2D eigenvalue weighted by molar-refractivity contribution is -0.127. The fourth-order valence-electron chi connectivity index (χ4n) is 1.97. The number of amides is 1. The van der Waals surface area contributed by atoms with Crippen LogP contribution >= 0.6 is 24.2 Å². The molecule has 1 rings (SSSR count). The van der Waals surface area contributed by atoms with Gasteiger partial charge in [-0.3, -0.25) is 4.79 Å². The average molecular weight is 295 g/mol. The summed E-state index contributed by atoms with van der Waals surface area (Å²) in [4.78, 5) is 13.9. The van der Waals surface area contributed by atoms with Gasteiger partial charge in [0.05, 0.1) is 5.75 Å². The van der Waals surface area contributed by atoms with Crippen LogP contribution in [0.25, 0.3) is 0 Å². The van der Waals surface area contributed by atoms with Crippen LogP contribution < -0.4 is 5.73 Å². The van der Waals surface area contributed by atoms with Crippen LogP contribution in [-0.2, 0) is 4.79 Å². The summed E-state index contributed by atoms with van der Waals surface area (Å²) in [5.74, 6) is 2.74. The number of nitrogens with zero attached hydrogens (tertiary/aromatic N) is 1. The molecule has 0 radical (unpaired) electrons. The maximum Gasteiger partial charge on any atom is 0.232 e. The van der Waals surface area contributed by atoms with Gasteiger partial charge in [0.1, 0.15) is 0 Å². The van der Waals surface area contributed by atoms with Crippen molar-refractivity contribution in [3.05, 3.63) is 0 Å². The van der Waals surface area contributed by atoms with Crippen LogP contribution in [0.3, 0.4) is 0 Å². The number of rotatable bonds is 6. The summed E-state index contributed by atoms with van der Waals surface area (Å²) in [5.41, 5.74) is 5.89. The Morgan fingerprint density at radius 2 is 2.17 bits per heavy atom. The summed E-state index contributed by atoms with van der Waals surface area (Å²) >= 11 is 1.76. The first-order valence-corrected chi connectivity index (χ1v) is 7.68. The molecular weight excluding hydrogens is 268 g/mol. The number of halogens is 1. The molecule has 0 aromatic rings. The van der Waals surface area contributed by atoms with E-state index in [2.05, 4.69) is 20.8 Å². The van der Waals surface area contributed by atoms with Gasteiger partial charge < -0.3 is 10.6 Å². The van der Waals surface area contributed by atoms with E-state index in [-0.39, 0.29) is 23.7 Å². The molecule has 0 aliphatic carbocycles. The zero-order valence-electron chi connectivity index (χ0n) is 11.8. The van der Waals surface area contributed by atoms with Crippen LogP contribution in [0.5, 0.6) is 0 Å². The predicted octanol–water partition coefficient (Wildman–Crippen LogP) is 2.38. The SMILES string of the molecule is CC(C)CCSCC(=O)N1CCC(C)(CN)C1.Cl. The number of carbonyl (C=O) groups is 1. The molecule has 0 bridgehead atoms. The molecule has 1 fully saturated rings.